The van der Waals surface area contributed by atoms with E-state index in [1.54, 1.807) is 11.9 Å². The molecule has 1 aromatic carbocycles. The number of aliphatic hydroxyl groups is 1. The van der Waals surface area contributed by atoms with Gasteiger partial charge in [0.05, 0.1) is 6.10 Å². The lowest BCUT2D eigenvalue weighted by atomic mass is 10.1. The minimum Gasteiger partial charge on any atom is -0.388 e. The van der Waals surface area contributed by atoms with Gasteiger partial charge in [0.25, 0.3) is 0 Å². The molecule has 23 heavy (non-hydrogen) atoms. The molecular formula is C18H25N3O2. The number of hydrogen-bond acceptors (Lipinski definition) is 2. The standard InChI is InChI=1S/C18H25N3O2/c1-20(15-10-17(22)16-8-3-2-4-9-16)18(23)19-11-7-14-21-12-5-6-13-21/h2-6,8-9,12-13,17,22H,7,10-11,14-15H2,1H3,(H,19,23)/t17-/m0/s1. The van der Waals surface area contributed by atoms with E-state index in [-0.39, 0.29) is 6.03 Å². The second kappa shape index (κ2) is 9.00. The fourth-order valence-corrected chi connectivity index (χ4v) is 2.37. The van der Waals surface area contributed by atoms with E-state index in [2.05, 4.69) is 9.88 Å². The van der Waals surface area contributed by atoms with Gasteiger partial charge in [-0.25, -0.2) is 4.79 Å². The summed E-state index contributed by atoms with van der Waals surface area (Å²) >= 11 is 0. The van der Waals surface area contributed by atoms with E-state index in [9.17, 15) is 9.90 Å². The smallest absolute Gasteiger partial charge is 0.317 e. The number of nitrogens with zero attached hydrogens (tertiary/aromatic N) is 2. The Kier molecular flexibility index (Phi) is 6.69. The van der Waals surface area contributed by atoms with E-state index in [0.717, 1.165) is 18.5 Å². The van der Waals surface area contributed by atoms with E-state index in [1.807, 2.05) is 54.9 Å². The van der Waals surface area contributed by atoms with Crippen LogP contribution in [0.5, 0.6) is 0 Å². The first-order valence-corrected chi connectivity index (χ1v) is 7.99. The molecule has 2 rings (SSSR count). The molecule has 0 saturated carbocycles. The minimum atomic E-state index is -0.541. The molecule has 0 aliphatic carbocycles. The lowest BCUT2D eigenvalue weighted by molar-refractivity contribution is 0.150. The molecule has 2 aromatic rings. The molecule has 0 fully saturated rings. The Bertz CT molecular complexity index is 569. The lowest BCUT2D eigenvalue weighted by Crippen LogP contribution is -2.38. The van der Waals surface area contributed by atoms with E-state index in [4.69, 9.17) is 0 Å². The van der Waals surface area contributed by atoms with E-state index < -0.39 is 6.10 Å². The topological polar surface area (TPSA) is 57.5 Å². The van der Waals surface area contributed by atoms with Crippen LogP contribution in [0.15, 0.2) is 54.9 Å². The van der Waals surface area contributed by atoms with Crippen LogP contribution in [0.1, 0.15) is 24.5 Å². The Hall–Kier alpha value is -2.27. The summed E-state index contributed by atoms with van der Waals surface area (Å²) in [5.41, 5.74) is 0.882. The second-order valence-electron chi connectivity index (χ2n) is 5.64. The first kappa shape index (κ1) is 17.1. The Morgan fingerprint density at radius 2 is 1.91 bits per heavy atom. The van der Waals surface area contributed by atoms with Gasteiger partial charge in [0.1, 0.15) is 0 Å². The number of carbonyl (C=O) groups excluding carboxylic acids is 1. The number of aliphatic hydroxyl groups excluding tert-OH is 1. The van der Waals surface area contributed by atoms with Crippen molar-refractivity contribution in [3.63, 3.8) is 0 Å². The predicted octanol–water partition coefficient (Wildman–Crippen LogP) is 2.64. The summed E-state index contributed by atoms with van der Waals surface area (Å²) in [7, 11) is 1.75. The summed E-state index contributed by atoms with van der Waals surface area (Å²) in [5.74, 6) is 0. The number of rotatable bonds is 8. The van der Waals surface area contributed by atoms with Crippen LogP contribution in [0.4, 0.5) is 4.79 Å². The van der Waals surface area contributed by atoms with Crippen LogP contribution in [-0.2, 0) is 6.54 Å². The highest BCUT2D eigenvalue weighted by Crippen LogP contribution is 2.15. The van der Waals surface area contributed by atoms with Crippen molar-refractivity contribution in [3.8, 4) is 0 Å². The SMILES string of the molecule is CN(CC[C@H](O)c1ccccc1)C(=O)NCCCn1cccc1. The van der Waals surface area contributed by atoms with E-state index >= 15 is 0 Å². The van der Waals surface area contributed by atoms with Crippen LogP contribution in [0.2, 0.25) is 0 Å². The van der Waals surface area contributed by atoms with E-state index in [1.165, 1.54) is 0 Å². The number of nitrogens with one attached hydrogen (secondary N) is 1. The van der Waals surface area contributed by atoms with Gasteiger partial charge in [-0.2, -0.15) is 0 Å². The fraction of sp³-hybridized carbons (Fsp3) is 0.389. The average Bonchev–Trinajstić information content (AvgIpc) is 3.10. The van der Waals surface area contributed by atoms with Crippen LogP contribution >= 0.6 is 0 Å². The largest absolute Gasteiger partial charge is 0.388 e. The molecule has 0 spiro atoms. The Morgan fingerprint density at radius 3 is 2.61 bits per heavy atom. The molecule has 0 aliphatic heterocycles. The van der Waals surface area contributed by atoms with Gasteiger partial charge in [0.2, 0.25) is 0 Å². The van der Waals surface area contributed by atoms with Crippen molar-refractivity contribution >= 4 is 6.03 Å². The van der Waals surface area contributed by atoms with Gasteiger partial charge in [-0.3, -0.25) is 0 Å². The quantitative estimate of drug-likeness (QED) is 0.736. The van der Waals surface area contributed by atoms with Gasteiger partial charge in [0, 0.05) is 39.1 Å². The predicted molar refractivity (Wildman–Crippen MR) is 91.1 cm³/mol. The molecule has 124 valence electrons. The summed E-state index contributed by atoms with van der Waals surface area (Å²) in [5, 5.41) is 13.0. The summed E-state index contributed by atoms with van der Waals surface area (Å²) in [6, 6.07) is 13.4. The number of urea groups is 1. The molecule has 0 bridgehead atoms. The number of benzene rings is 1. The normalized spacial score (nSPS) is 11.9. The van der Waals surface area contributed by atoms with Crippen molar-refractivity contribution < 1.29 is 9.90 Å². The molecule has 0 unspecified atom stereocenters. The van der Waals surface area contributed by atoms with E-state index in [0.29, 0.717) is 19.5 Å². The van der Waals surface area contributed by atoms with Gasteiger partial charge in [0.15, 0.2) is 0 Å². The zero-order valence-corrected chi connectivity index (χ0v) is 13.6. The van der Waals surface area contributed by atoms with Crippen LogP contribution in [-0.4, -0.2) is 40.7 Å². The molecular weight excluding hydrogens is 290 g/mol. The third-order valence-corrected chi connectivity index (χ3v) is 3.80. The lowest BCUT2D eigenvalue weighted by Gasteiger charge is -2.20. The van der Waals surface area contributed by atoms with Gasteiger partial charge in [-0.1, -0.05) is 30.3 Å². The maximum atomic E-state index is 12.0. The highest BCUT2D eigenvalue weighted by molar-refractivity contribution is 5.73. The number of aromatic nitrogens is 1. The third-order valence-electron chi connectivity index (χ3n) is 3.80. The molecule has 2 N–H and O–H groups in total. The molecule has 1 heterocycles. The van der Waals surface area contributed by atoms with Crippen molar-refractivity contribution in [1.82, 2.24) is 14.8 Å². The molecule has 0 saturated heterocycles. The molecule has 5 nitrogen and oxygen atoms in total. The molecule has 5 heteroatoms. The highest BCUT2D eigenvalue weighted by atomic mass is 16.3. The maximum absolute atomic E-state index is 12.0. The molecule has 0 aliphatic rings. The van der Waals surface area contributed by atoms with Crippen molar-refractivity contribution in [1.29, 1.82) is 0 Å². The zero-order chi connectivity index (χ0) is 16.5. The first-order valence-electron chi connectivity index (χ1n) is 7.99. The Morgan fingerprint density at radius 1 is 1.22 bits per heavy atom. The van der Waals surface area contributed by atoms with Crippen molar-refractivity contribution in [2.45, 2.75) is 25.5 Å². The Balaban J connectivity index is 1.62. The highest BCUT2D eigenvalue weighted by Gasteiger charge is 2.12. The number of aryl methyl sites for hydroxylation is 1. The molecule has 0 radical (unpaired) electrons. The summed E-state index contributed by atoms with van der Waals surface area (Å²) in [6.45, 7) is 2.05. The maximum Gasteiger partial charge on any atom is 0.317 e. The van der Waals surface area contributed by atoms with Crippen molar-refractivity contribution in [3.05, 3.63) is 60.4 Å². The summed E-state index contributed by atoms with van der Waals surface area (Å²) in [6.07, 6.45) is 4.90. The first-order chi connectivity index (χ1) is 11.2. The van der Waals surface area contributed by atoms with Crippen LogP contribution in [0, 0.1) is 0 Å². The fourth-order valence-electron chi connectivity index (χ4n) is 2.37. The van der Waals surface area contributed by atoms with Gasteiger partial charge in [-0.15, -0.1) is 0 Å². The summed E-state index contributed by atoms with van der Waals surface area (Å²) in [4.78, 5) is 13.6. The summed E-state index contributed by atoms with van der Waals surface area (Å²) < 4.78 is 2.09. The van der Waals surface area contributed by atoms with Gasteiger partial charge in [-0.05, 0) is 30.5 Å². The Labute approximate surface area is 137 Å². The third kappa shape index (κ3) is 5.79. The molecule has 2 amide bonds. The average molecular weight is 315 g/mol. The van der Waals surface area contributed by atoms with Crippen LogP contribution in [0.25, 0.3) is 0 Å². The number of amides is 2. The minimum absolute atomic E-state index is 0.0993. The van der Waals surface area contributed by atoms with Crippen molar-refractivity contribution in [2.75, 3.05) is 20.1 Å². The second-order valence-corrected chi connectivity index (χ2v) is 5.64. The van der Waals surface area contributed by atoms with Crippen LogP contribution < -0.4 is 5.32 Å². The van der Waals surface area contributed by atoms with Gasteiger partial charge < -0.3 is 19.9 Å². The zero-order valence-electron chi connectivity index (χ0n) is 13.6. The van der Waals surface area contributed by atoms with Gasteiger partial charge >= 0.3 is 6.03 Å². The number of hydrogen-bond donors (Lipinski definition) is 2. The van der Waals surface area contributed by atoms with Crippen molar-refractivity contribution in [2.24, 2.45) is 0 Å². The molecule has 1 aromatic heterocycles. The number of carbonyl (C=O) groups is 1. The van der Waals surface area contributed by atoms with Crippen LogP contribution in [0.3, 0.4) is 0 Å². The molecule has 1 atom stereocenters. The monoisotopic (exact) mass is 315 g/mol.